The third kappa shape index (κ3) is 4.99. The van der Waals surface area contributed by atoms with Gasteiger partial charge in [0.05, 0.1) is 37.9 Å². The fourth-order valence-corrected chi connectivity index (χ4v) is 2.78. The van der Waals surface area contributed by atoms with Crippen LogP contribution in [0.25, 0.3) is 0 Å². The molecule has 9 heteroatoms. The lowest BCUT2D eigenvalue weighted by Crippen LogP contribution is -2.35. The number of methoxy groups -OCH3 is 3. The van der Waals surface area contributed by atoms with Crippen LogP contribution in [0, 0.1) is 0 Å². The Morgan fingerprint density at radius 1 is 0.964 bits per heavy atom. The first kappa shape index (κ1) is 21.7. The van der Waals surface area contributed by atoms with Crippen molar-refractivity contribution in [2.75, 3.05) is 40.2 Å². The van der Waals surface area contributed by atoms with E-state index in [0.717, 1.165) is 0 Å². The molecule has 7 nitrogen and oxygen atoms in total. The van der Waals surface area contributed by atoms with Crippen LogP contribution in [0.5, 0.6) is 17.2 Å². The van der Waals surface area contributed by atoms with Gasteiger partial charge in [0.25, 0.3) is 5.91 Å². The first-order chi connectivity index (χ1) is 13.3. The van der Waals surface area contributed by atoms with Gasteiger partial charge in [-0.25, -0.2) is 0 Å². The van der Waals surface area contributed by atoms with Crippen LogP contribution in [-0.4, -0.2) is 51.6 Å². The second kappa shape index (κ2) is 9.52. The summed E-state index contributed by atoms with van der Waals surface area (Å²) >= 11 is 11.8. The van der Waals surface area contributed by atoms with E-state index in [1.807, 2.05) is 0 Å². The van der Waals surface area contributed by atoms with Crippen molar-refractivity contribution >= 4 is 40.7 Å². The Balaban J connectivity index is 2.13. The zero-order valence-electron chi connectivity index (χ0n) is 15.8. The van der Waals surface area contributed by atoms with Gasteiger partial charge in [-0.2, -0.15) is 0 Å². The molecule has 2 aromatic carbocycles. The maximum Gasteiger partial charge on any atom is 0.254 e. The van der Waals surface area contributed by atoms with Crippen molar-refractivity contribution < 1.29 is 23.8 Å². The van der Waals surface area contributed by atoms with Gasteiger partial charge in [-0.05, 0) is 30.3 Å². The van der Waals surface area contributed by atoms with Crippen molar-refractivity contribution in [3.8, 4) is 17.2 Å². The summed E-state index contributed by atoms with van der Waals surface area (Å²) < 4.78 is 15.7. The van der Waals surface area contributed by atoms with Gasteiger partial charge in [-0.1, -0.05) is 23.2 Å². The monoisotopic (exact) mass is 426 g/mol. The Bertz CT molecular complexity index is 864. The highest BCUT2D eigenvalue weighted by atomic mass is 35.5. The van der Waals surface area contributed by atoms with Crippen LogP contribution >= 0.6 is 23.2 Å². The maximum absolute atomic E-state index is 12.7. The molecule has 0 fully saturated rings. The minimum absolute atomic E-state index is 0.171. The molecule has 150 valence electrons. The number of ether oxygens (including phenoxy) is 3. The van der Waals surface area contributed by atoms with Gasteiger partial charge in [-0.3, -0.25) is 9.59 Å². The summed E-state index contributed by atoms with van der Waals surface area (Å²) in [6.07, 6.45) is 0. The highest BCUT2D eigenvalue weighted by Crippen LogP contribution is 2.38. The molecule has 0 saturated heterocycles. The number of likely N-dealkylation sites (N-methyl/N-ethyl adjacent to an activating group) is 1. The molecule has 0 heterocycles. The van der Waals surface area contributed by atoms with E-state index < -0.39 is 0 Å². The van der Waals surface area contributed by atoms with Crippen molar-refractivity contribution in [3.63, 3.8) is 0 Å². The normalized spacial score (nSPS) is 10.2. The molecule has 0 saturated carbocycles. The Morgan fingerprint density at radius 2 is 1.57 bits per heavy atom. The topological polar surface area (TPSA) is 77.1 Å². The van der Waals surface area contributed by atoms with Crippen LogP contribution < -0.4 is 19.5 Å². The van der Waals surface area contributed by atoms with Gasteiger partial charge in [-0.15, -0.1) is 0 Å². The predicted octanol–water partition coefficient (Wildman–Crippen LogP) is 3.73. The molecular formula is C19H20Cl2N2O5. The Kier molecular flexibility index (Phi) is 7.37. The van der Waals surface area contributed by atoms with Gasteiger partial charge in [0.2, 0.25) is 11.7 Å². The van der Waals surface area contributed by atoms with Gasteiger partial charge < -0.3 is 24.4 Å². The molecule has 0 radical (unpaired) electrons. The number of rotatable bonds is 7. The largest absolute Gasteiger partial charge is 0.493 e. The number of hydrogen-bond acceptors (Lipinski definition) is 5. The summed E-state index contributed by atoms with van der Waals surface area (Å²) in [6.45, 7) is -0.171. The third-order valence-electron chi connectivity index (χ3n) is 3.84. The molecular weight excluding hydrogens is 407 g/mol. The highest BCUT2D eigenvalue weighted by Gasteiger charge is 2.20. The average Bonchev–Trinajstić information content (AvgIpc) is 2.68. The van der Waals surface area contributed by atoms with Gasteiger partial charge >= 0.3 is 0 Å². The zero-order valence-corrected chi connectivity index (χ0v) is 17.4. The van der Waals surface area contributed by atoms with Gasteiger partial charge in [0, 0.05) is 18.3 Å². The Hall–Kier alpha value is -2.64. The summed E-state index contributed by atoms with van der Waals surface area (Å²) in [5.41, 5.74) is 0.771. The Labute approximate surface area is 173 Å². The van der Waals surface area contributed by atoms with Crippen molar-refractivity contribution in [3.05, 3.63) is 45.9 Å². The van der Waals surface area contributed by atoms with E-state index in [1.54, 1.807) is 12.1 Å². The molecule has 1 N–H and O–H groups in total. The number of carbonyl (C=O) groups is 2. The molecule has 0 unspecified atom stereocenters. The molecule has 0 aliphatic heterocycles. The summed E-state index contributed by atoms with van der Waals surface area (Å²) in [4.78, 5) is 26.2. The number of halogens is 2. The van der Waals surface area contributed by atoms with Crippen molar-refractivity contribution in [2.45, 2.75) is 0 Å². The maximum atomic E-state index is 12.7. The highest BCUT2D eigenvalue weighted by molar-refractivity contribution is 6.42. The summed E-state index contributed by atoms with van der Waals surface area (Å²) in [7, 11) is 5.90. The molecule has 0 aliphatic carbocycles. The van der Waals surface area contributed by atoms with Crippen molar-refractivity contribution in [2.24, 2.45) is 0 Å². The minimum Gasteiger partial charge on any atom is -0.493 e. The van der Waals surface area contributed by atoms with Crippen LogP contribution in [0.2, 0.25) is 10.0 Å². The first-order valence-electron chi connectivity index (χ1n) is 8.11. The van der Waals surface area contributed by atoms with E-state index >= 15 is 0 Å². The molecule has 0 spiro atoms. The smallest absolute Gasteiger partial charge is 0.254 e. The van der Waals surface area contributed by atoms with E-state index in [1.165, 1.54) is 51.5 Å². The van der Waals surface area contributed by atoms with Crippen LogP contribution in [-0.2, 0) is 4.79 Å². The SMILES string of the molecule is COc1cc(C(=O)N(C)CC(=O)Nc2ccc(Cl)c(Cl)c2)cc(OC)c1OC. The Morgan fingerprint density at radius 3 is 2.07 bits per heavy atom. The number of anilines is 1. The summed E-state index contributed by atoms with van der Waals surface area (Å²) in [5, 5.41) is 3.37. The molecule has 2 amide bonds. The van der Waals surface area contributed by atoms with E-state index in [9.17, 15) is 9.59 Å². The zero-order chi connectivity index (χ0) is 20.8. The molecule has 0 atom stereocenters. The van der Waals surface area contributed by atoms with Crippen LogP contribution in [0.1, 0.15) is 10.4 Å². The van der Waals surface area contributed by atoms with Crippen LogP contribution in [0.3, 0.4) is 0 Å². The number of nitrogens with one attached hydrogen (secondary N) is 1. The second-order valence-electron chi connectivity index (χ2n) is 5.75. The molecule has 2 rings (SSSR count). The molecule has 0 bridgehead atoms. The number of carbonyl (C=O) groups excluding carboxylic acids is 2. The number of benzene rings is 2. The fourth-order valence-electron chi connectivity index (χ4n) is 2.49. The lowest BCUT2D eigenvalue weighted by molar-refractivity contribution is -0.116. The lowest BCUT2D eigenvalue weighted by atomic mass is 10.1. The van der Waals surface area contributed by atoms with E-state index in [0.29, 0.717) is 38.5 Å². The standard InChI is InChI=1S/C19H20Cl2N2O5/c1-23(10-17(24)22-12-5-6-13(20)14(21)9-12)19(25)11-7-15(26-2)18(28-4)16(8-11)27-3/h5-9H,10H2,1-4H3,(H,22,24). The van der Waals surface area contributed by atoms with Gasteiger partial charge in [0.15, 0.2) is 11.5 Å². The van der Waals surface area contributed by atoms with Gasteiger partial charge in [0.1, 0.15) is 0 Å². The summed E-state index contributed by atoms with van der Waals surface area (Å²) in [5.74, 6) is 0.296. The molecule has 2 aromatic rings. The number of hydrogen-bond donors (Lipinski definition) is 1. The minimum atomic E-state index is -0.387. The summed E-state index contributed by atoms with van der Waals surface area (Å²) in [6, 6.07) is 7.77. The second-order valence-corrected chi connectivity index (χ2v) is 6.57. The van der Waals surface area contributed by atoms with E-state index in [4.69, 9.17) is 37.4 Å². The average molecular weight is 427 g/mol. The molecule has 0 aromatic heterocycles. The molecule has 28 heavy (non-hydrogen) atoms. The van der Waals surface area contributed by atoms with Crippen molar-refractivity contribution in [1.82, 2.24) is 4.90 Å². The fraction of sp³-hybridized carbons (Fsp3) is 0.263. The number of nitrogens with zero attached hydrogens (tertiary/aromatic N) is 1. The number of amides is 2. The van der Waals surface area contributed by atoms with E-state index in [2.05, 4.69) is 5.32 Å². The first-order valence-corrected chi connectivity index (χ1v) is 8.86. The van der Waals surface area contributed by atoms with Crippen LogP contribution in [0.4, 0.5) is 5.69 Å². The van der Waals surface area contributed by atoms with E-state index in [-0.39, 0.29) is 18.4 Å². The van der Waals surface area contributed by atoms with Crippen LogP contribution in [0.15, 0.2) is 30.3 Å². The van der Waals surface area contributed by atoms with Crippen molar-refractivity contribution in [1.29, 1.82) is 0 Å². The molecule has 0 aliphatic rings. The third-order valence-corrected chi connectivity index (χ3v) is 4.58. The quantitative estimate of drug-likeness (QED) is 0.729. The predicted molar refractivity (Wildman–Crippen MR) is 108 cm³/mol. The lowest BCUT2D eigenvalue weighted by Gasteiger charge is -2.19.